The minimum absolute atomic E-state index is 0. The van der Waals surface area contributed by atoms with Gasteiger partial charge in [0.15, 0.2) is 0 Å². The van der Waals surface area contributed by atoms with Gasteiger partial charge in [0.25, 0.3) is 0 Å². The van der Waals surface area contributed by atoms with E-state index >= 15 is 0 Å². The summed E-state index contributed by atoms with van der Waals surface area (Å²) >= 11 is 0. The quantitative estimate of drug-likeness (QED) is 0.169. The molecule has 3 heterocycles. The summed E-state index contributed by atoms with van der Waals surface area (Å²) in [4.78, 5) is 12.1. The molecule has 0 bridgehead atoms. The molecule has 0 atom stereocenters. The predicted octanol–water partition coefficient (Wildman–Crippen LogP) is 14.5. The second-order valence-electron chi connectivity index (χ2n) is 17.0. The minimum Gasteiger partial charge on any atom is -0.509 e. The van der Waals surface area contributed by atoms with Gasteiger partial charge in [0.1, 0.15) is 0 Å². The molecule has 0 spiro atoms. The van der Waals surface area contributed by atoms with E-state index < -0.39 is 0 Å². The molecule has 2 aliphatic rings. The maximum atomic E-state index is 6.57. The molecule has 0 unspecified atom stereocenters. The summed E-state index contributed by atoms with van der Waals surface area (Å²) < 4.78 is 6.57. The standard InChI is InChI=1S/C46H32N3O.C9H13N.Pt/c1-46(2)37-22-13-23-39-43(37)44-38(46)27-34(28-40(44)47-39)50-33-19-11-18-32(26-33)48-29-49(42-25-10-9-24-41(42)48)45-35(30-14-5-3-6-15-30)20-12-21-36(45)31-16-7-4-8-17-31;1-9(2,3)8-4-6-10-7-5-8;/h3-25,27,29,47H,1-2H3;4-7H,1-3H3;/q-3;;. The van der Waals surface area contributed by atoms with Gasteiger partial charge in [-0.05, 0) is 68.8 Å². The third-order valence-corrected chi connectivity index (χ3v) is 11.8. The van der Waals surface area contributed by atoms with E-state index in [2.05, 4.69) is 219 Å². The molecule has 0 saturated heterocycles. The Kier molecular flexibility index (Phi) is 10.4. The third kappa shape index (κ3) is 7.21. The van der Waals surface area contributed by atoms with E-state index in [1.165, 1.54) is 27.5 Å². The average Bonchev–Trinajstić information content (AvgIpc) is 3.92. The van der Waals surface area contributed by atoms with E-state index in [0.717, 1.165) is 56.0 Å². The third-order valence-electron chi connectivity index (χ3n) is 11.8. The van der Waals surface area contributed by atoms with E-state index in [0.29, 0.717) is 11.5 Å². The number of hydrogen-bond acceptors (Lipinski definition) is 4. The summed E-state index contributed by atoms with van der Waals surface area (Å²) in [7, 11) is 0. The SMILES string of the molecule is CC(C)(C)c1ccncc1.CC1(C)c2cc(Oc3[c-]c(N4[CH-]N(c5c(-c6ccccc6)cccc5-c5ccccc5)c5ccccc54)ccc3)[c-]c3[nH]c4cccc1c4c23.[Pt]. The van der Waals surface area contributed by atoms with Crippen LogP contribution in [0.15, 0.2) is 170 Å². The molecule has 1 N–H and O–H groups in total. The Morgan fingerprint density at radius 3 is 1.85 bits per heavy atom. The van der Waals surface area contributed by atoms with Crippen LogP contribution in [0.1, 0.15) is 51.3 Å². The number of fused-ring (bicyclic) bond motifs is 1. The number of ether oxygens (including phenoxy) is 1. The van der Waals surface area contributed by atoms with Gasteiger partial charge in [0.05, 0.1) is 0 Å². The zero-order valence-corrected chi connectivity index (χ0v) is 37.1. The van der Waals surface area contributed by atoms with Gasteiger partial charge in [0, 0.05) is 78.7 Å². The molecule has 61 heavy (non-hydrogen) atoms. The smallest absolute Gasteiger partial charge is 0.0344 e. The molecule has 9 aromatic rings. The Hall–Kier alpha value is -6.42. The summed E-state index contributed by atoms with van der Waals surface area (Å²) in [6.45, 7) is 13.3. The summed E-state index contributed by atoms with van der Waals surface area (Å²) in [5.41, 5.74) is 15.0. The van der Waals surface area contributed by atoms with Crippen LogP contribution in [-0.4, -0.2) is 9.97 Å². The van der Waals surface area contributed by atoms with E-state index in [-0.39, 0.29) is 31.9 Å². The van der Waals surface area contributed by atoms with Gasteiger partial charge in [-0.3, -0.25) is 4.98 Å². The second kappa shape index (κ2) is 15.9. The molecule has 304 valence electrons. The van der Waals surface area contributed by atoms with Gasteiger partial charge in [-0.1, -0.05) is 149 Å². The Labute approximate surface area is 373 Å². The molecule has 2 aromatic heterocycles. The van der Waals surface area contributed by atoms with Gasteiger partial charge in [-0.2, -0.15) is 6.07 Å². The number of benzene rings is 7. The molecule has 0 saturated carbocycles. The van der Waals surface area contributed by atoms with Gasteiger partial charge < -0.3 is 19.5 Å². The fourth-order valence-corrected chi connectivity index (χ4v) is 8.78. The van der Waals surface area contributed by atoms with Crippen molar-refractivity contribution in [1.29, 1.82) is 0 Å². The first-order chi connectivity index (χ1) is 29.1. The Morgan fingerprint density at radius 2 is 1.21 bits per heavy atom. The number of anilines is 4. The maximum Gasteiger partial charge on any atom is 0.0344 e. The maximum absolute atomic E-state index is 6.57. The van der Waals surface area contributed by atoms with Gasteiger partial charge in [-0.15, -0.1) is 48.3 Å². The number of nitrogens with zero attached hydrogens (tertiary/aromatic N) is 3. The van der Waals surface area contributed by atoms with Crippen molar-refractivity contribution in [3.63, 3.8) is 0 Å². The predicted molar refractivity (Wildman–Crippen MR) is 247 cm³/mol. The molecule has 1 aliphatic carbocycles. The van der Waals surface area contributed by atoms with Crippen molar-refractivity contribution in [2.24, 2.45) is 0 Å². The van der Waals surface area contributed by atoms with E-state index in [1.54, 1.807) is 0 Å². The summed E-state index contributed by atoms with van der Waals surface area (Å²) in [6.07, 6.45) is 3.67. The summed E-state index contributed by atoms with van der Waals surface area (Å²) in [6, 6.07) is 62.3. The van der Waals surface area contributed by atoms with Crippen LogP contribution in [-0.2, 0) is 31.9 Å². The van der Waals surface area contributed by atoms with E-state index in [4.69, 9.17) is 4.74 Å². The minimum atomic E-state index is -0.122. The van der Waals surface area contributed by atoms with Crippen molar-refractivity contribution in [2.45, 2.75) is 45.4 Å². The number of pyridine rings is 1. The normalized spacial score (nSPS) is 13.5. The molecular weight excluding hydrogens is 928 g/mol. The topological polar surface area (TPSA) is 44.4 Å². The van der Waals surface area contributed by atoms with Crippen LogP contribution in [0.5, 0.6) is 11.5 Å². The summed E-state index contributed by atoms with van der Waals surface area (Å²) in [5.74, 6) is 1.31. The Balaban J connectivity index is 0.000000384. The molecule has 6 heteroatoms. The van der Waals surface area contributed by atoms with E-state index in [1.807, 2.05) is 24.5 Å². The molecular formula is C55H45N4OPt-3. The first-order valence-electron chi connectivity index (χ1n) is 20.5. The van der Waals surface area contributed by atoms with Gasteiger partial charge >= 0.3 is 0 Å². The average molecular weight is 973 g/mol. The van der Waals surface area contributed by atoms with Crippen LogP contribution >= 0.6 is 0 Å². The van der Waals surface area contributed by atoms with Crippen molar-refractivity contribution >= 4 is 44.6 Å². The number of aromatic amines is 1. The number of para-hydroxylation sites is 3. The number of rotatable bonds is 6. The summed E-state index contributed by atoms with van der Waals surface area (Å²) in [5, 5.41) is 2.55. The molecule has 0 fully saturated rings. The fraction of sp³-hybridized carbons (Fsp3) is 0.127. The first-order valence-corrected chi connectivity index (χ1v) is 20.5. The van der Waals surface area contributed by atoms with Crippen molar-refractivity contribution in [2.75, 3.05) is 9.80 Å². The second-order valence-corrected chi connectivity index (χ2v) is 17.0. The fourth-order valence-electron chi connectivity index (χ4n) is 8.78. The van der Waals surface area contributed by atoms with Crippen molar-refractivity contribution in [1.82, 2.24) is 9.97 Å². The molecule has 7 aromatic carbocycles. The Morgan fingerprint density at radius 1 is 0.607 bits per heavy atom. The zero-order valence-electron chi connectivity index (χ0n) is 34.8. The van der Waals surface area contributed by atoms with Crippen LogP contribution in [0, 0.1) is 18.8 Å². The van der Waals surface area contributed by atoms with Crippen molar-refractivity contribution in [3.8, 4) is 33.8 Å². The number of H-pyrrole nitrogens is 1. The van der Waals surface area contributed by atoms with Crippen molar-refractivity contribution in [3.05, 3.63) is 206 Å². The molecule has 5 nitrogen and oxygen atoms in total. The number of nitrogens with one attached hydrogen (secondary N) is 1. The van der Waals surface area contributed by atoms with Crippen LogP contribution in [0.4, 0.5) is 22.7 Å². The van der Waals surface area contributed by atoms with E-state index in [9.17, 15) is 0 Å². The van der Waals surface area contributed by atoms with Crippen molar-refractivity contribution < 1.29 is 25.8 Å². The molecule has 11 rings (SSSR count). The van der Waals surface area contributed by atoms with Crippen LogP contribution in [0.25, 0.3) is 44.1 Å². The molecule has 0 amide bonds. The van der Waals surface area contributed by atoms with Crippen LogP contribution in [0.2, 0.25) is 0 Å². The van der Waals surface area contributed by atoms with Crippen LogP contribution < -0.4 is 14.5 Å². The molecule has 0 radical (unpaired) electrons. The first kappa shape index (κ1) is 40.0. The number of aromatic nitrogens is 2. The monoisotopic (exact) mass is 972 g/mol. The number of hydrogen-bond donors (Lipinski definition) is 1. The van der Waals surface area contributed by atoms with Crippen LogP contribution in [0.3, 0.4) is 0 Å². The van der Waals surface area contributed by atoms with Gasteiger partial charge in [0.2, 0.25) is 0 Å². The Bertz CT molecular complexity index is 2950. The largest absolute Gasteiger partial charge is 0.509 e. The molecule has 1 aliphatic heterocycles. The zero-order chi connectivity index (χ0) is 41.0. The van der Waals surface area contributed by atoms with Gasteiger partial charge in [-0.25, -0.2) is 0 Å².